The first-order valence-corrected chi connectivity index (χ1v) is 5.96. The highest BCUT2D eigenvalue weighted by Gasteiger charge is 2.09. The first-order valence-electron chi connectivity index (χ1n) is 4.79. The molecule has 2 rings (SSSR count). The molecule has 0 N–H and O–H groups in total. The van der Waals surface area contributed by atoms with E-state index in [1.807, 2.05) is 25.1 Å². The van der Waals surface area contributed by atoms with E-state index in [9.17, 15) is 4.39 Å². The summed E-state index contributed by atoms with van der Waals surface area (Å²) in [5.41, 5.74) is 2.49. The molecule has 0 saturated heterocycles. The van der Waals surface area contributed by atoms with E-state index in [-0.39, 0.29) is 5.82 Å². The lowest BCUT2D eigenvalue weighted by Crippen LogP contribution is -1.85. The van der Waals surface area contributed by atoms with Gasteiger partial charge in [0.2, 0.25) is 0 Å². The van der Waals surface area contributed by atoms with Crippen LogP contribution in [0.15, 0.2) is 40.9 Å². The number of rotatable bonds is 1. The molecule has 0 radical (unpaired) electrons. The molecule has 0 aromatic heterocycles. The van der Waals surface area contributed by atoms with Gasteiger partial charge in [-0.1, -0.05) is 39.7 Å². The summed E-state index contributed by atoms with van der Waals surface area (Å²) in [4.78, 5) is 0. The van der Waals surface area contributed by atoms with Crippen molar-refractivity contribution in [2.75, 3.05) is 0 Å². The fourth-order valence-electron chi connectivity index (χ4n) is 1.65. The topological polar surface area (TPSA) is 0 Å². The van der Waals surface area contributed by atoms with Crippen molar-refractivity contribution in [1.29, 1.82) is 0 Å². The van der Waals surface area contributed by atoms with Crippen LogP contribution in [0.4, 0.5) is 4.39 Å². The molecule has 0 unspecified atom stereocenters. The van der Waals surface area contributed by atoms with Crippen molar-refractivity contribution in [3.63, 3.8) is 0 Å². The average Bonchev–Trinajstić information content (AvgIpc) is 2.15. The van der Waals surface area contributed by atoms with Crippen LogP contribution in [0.25, 0.3) is 11.1 Å². The summed E-state index contributed by atoms with van der Waals surface area (Å²) in [6.45, 7) is 1.86. The fraction of sp³-hybridized carbons (Fsp3) is 0.0769. The number of hydrogen-bond acceptors (Lipinski definition) is 0. The van der Waals surface area contributed by atoms with Crippen LogP contribution < -0.4 is 0 Å². The lowest BCUT2D eigenvalue weighted by Gasteiger charge is -2.08. The standard InChI is InChI=1S/C13H9BrClF/c1-8-5-9(7-10(16)6-8)13-11(14)3-2-4-12(13)15/h2-7H,1H3. The van der Waals surface area contributed by atoms with Crippen molar-refractivity contribution in [3.8, 4) is 11.1 Å². The van der Waals surface area contributed by atoms with Crippen LogP contribution in [0.3, 0.4) is 0 Å². The summed E-state index contributed by atoms with van der Waals surface area (Å²) in [5, 5.41) is 0.611. The predicted octanol–water partition coefficient (Wildman–Crippen LogP) is 5.22. The molecule has 0 heterocycles. The highest BCUT2D eigenvalue weighted by Crippen LogP contribution is 2.35. The molecule has 3 heteroatoms. The number of benzene rings is 2. The summed E-state index contributed by atoms with van der Waals surface area (Å²) >= 11 is 9.54. The van der Waals surface area contributed by atoms with Gasteiger partial charge in [0.15, 0.2) is 0 Å². The zero-order valence-electron chi connectivity index (χ0n) is 8.60. The van der Waals surface area contributed by atoms with Crippen molar-refractivity contribution in [2.24, 2.45) is 0 Å². The van der Waals surface area contributed by atoms with E-state index in [0.717, 1.165) is 21.2 Å². The van der Waals surface area contributed by atoms with Gasteiger partial charge >= 0.3 is 0 Å². The van der Waals surface area contributed by atoms with Crippen molar-refractivity contribution >= 4 is 27.5 Å². The third kappa shape index (κ3) is 2.28. The van der Waals surface area contributed by atoms with E-state index in [4.69, 9.17) is 11.6 Å². The zero-order chi connectivity index (χ0) is 11.7. The molecule has 0 amide bonds. The van der Waals surface area contributed by atoms with Gasteiger partial charge in [0.05, 0.1) is 0 Å². The molecule has 0 aliphatic rings. The Morgan fingerprint density at radius 1 is 1.19 bits per heavy atom. The van der Waals surface area contributed by atoms with Gasteiger partial charge in [-0.3, -0.25) is 0 Å². The fourth-order valence-corrected chi connectivity index (χ4v) is 2.65. The van der Waals surface area contributed by atoms with Gasteiger partial charge in [-0.2, -0.15) is 0 Å². The molecular weight excluding hydrogens is 290 g/mol. The van der Waals surface area contributed by atoms with E-state index < -0.39 is 0 Å². The Kier molecular flexibility index (Phi) is 3.31. The largest absolute Gasteiger partial charge is 0.207 e. The summed E-state index contributed by atoms with van der Waals surface area (Å²) in [6, 6.07) is 10.4. The smallest absolute Gasteiger partial charge is 0.124 e. The first-order chi connectivity index (χ1) is 7.58. The minimum absolute atomic E-state index is 0.248. The maximum atomic E-state index is 13.3. The first kappa shape index (κ1) is 11.6. The van der Waals surface area contributed by atoms with Gasteiger partial charge in [0.1, 0.15) is 5.82 Å². The molecule has 0 fully saturated rings. The van der Waals surface area contributed by atoms with E-state index in [2.05, 4.69) is 15.9 Å². The second kappa shape index (κ2) is 4.56. The zero-order valence-corrected chi connectivity index (χ0v) is 10.9. The molecule has 0 aliphatic carbocycles. The number of hydrogen-bond donors (Lipinski definition) is 0. The summed E-state index contributed by atoms with van der Waals surface area (Å²) < 4.78 is 14.2. The number of halogens is 3. The van der Waals surface area contributed by atoms with E-state index >= 15 is 0 Å². The van der Waals surface area contributed by atoms with Crippen molar-refractivity contribution in [3.05, 3.63) is 57.3 Å². The van der Waals surface area contributed by atoms with Gasteiger partial charge in [-0.25, -0.2) is 4.39 Å². The number of aryl methyl sites for hydroxylation is 1. The Balaban J connectivity index is 2.67. The third-order valence-corrected chi connectivity index (χ3v) is 3.27. The van der Waals surface area contributed by atoms with Crippen molar-refractivity contribution in [1.82, 2.24) is 0 Å². The Hall–Kier alpha value is -0.860. The van der Waals surface area contributed by atoms with Crippen LogP contribution in [-0.4, -0.2) is 0 Å². The van der Waals surface area contributed by atoms with Crippen molar-refractivity contribution in [2.45, 2.75) is 6.92 Å². The Bertz CT molecular complexity index is 497. The second-order valence-corrected chi connectivity index (χ2v) is 4.88. The summed E-state index contributed by atoms with van der Waals surface area (Å²) in [6.07, 6.45) is 0. The quantitative estimate of drug-likeness (QED) is 0.677. The molecular formula is C13H9BrClF. The molecule has 2 aromatic rings. The molecule has 0 aliphatic heterocycles. The van der Waals surface area contributed by atoms with Crippen LogP contribution in [-0.2, 0) is 0 Å². The Labute approximate surface area is 107 Å². The van der Waals surface area contributed by atoms with Crippen LogP contribution in [0, 0.1) is 12.7 Å². The average molecular weight is 300 g/mol. The Morgan fingerprint density at radius 3 is 2.56 bits per heavy atom. The molecule has 16 heavy (non-hydrogen) atoms. The second-order valence-electron chi connectivity index (χ2n) is 3.61. The third-order valence-electron chi connectivity index (χ3n) is 2.29. The van der Waals surface area contributed by atoms with E-state index in [1.165, 1.54) is 12.1 Å². The summed E-state index contributed by atoms with van der Waals surface area (Å²) in [5.74, 6) is -0.248. The Morgan fingerprint density at radius 2 is 1.94 bits per heavy atom. The van der Waals surface area contributed by atoms with Crippen LogP contribution >= 0.6 is 27.5 Å². The lowest BCUT2D eigenvalue weighted by atomic mass is 10.0. The highest BCUT2D eigenvalue weighted by molar-refractivity contribution is 9.10. The molecule has 0 saturated carbocycles. The highest BCUT2D eigenvalue weighted by atomic mass is 79.9. The van der Waals surface area contributed by atoms with Crippen molar-refractivity contribution < 1.29 is 4.39 Å². The molecule has 82 valence electrons. The normalized spacial score (nSPS) is 10.5. The van der Waals surface area contributed by atoms with Gasteiger partial charge in [0, 0.05) is 15.1 Å². The maximum absolute atomic E-state index is 13.3. The van der Waals surface area contributed by atoms with Crippen LogP contribution in [0.2, 0.25) is 5.02 Å². The molecule has 0 bridgehead atoms. The minimum atomic E-state index is -0.248. The predicted molar refractivity (Wildman–Crippen MR) is 69.3 cm³/mol. The summed E-state index contributed by atoms with van der Waals surface area (Å²) in [7, 11) is 0. The van der Waals surface area contributed by atoms with E-state index in [0.29, 0.717) is 5.02 Å². The van der Waals surface area contributed by atoms with E-state index in [1.54, 1.807) is 6.07 Å². The van der Waals surface area contributed by atoms with Gasteiger partial charge in [0.25, 0.3) is 0 Å². The monoisotopic (exact) mass is 298 g/mol. The molecule has 2 aromatic carbocycles. The lowest BCUT2D eigenvalue weighted by molar-refractivity contribution is 0.627. The minimum Gasteiger partial charge on any atom is -0.207 e. The van der Waals surface area contributed by atoms with Gasteiger partial charge in [-0.05, 0) is 42.3 Å². The molecule has 0 nitrogen and oxygen atoms in total. The van der Waals surface area contributed by atoms with Crippen LogP contribution in [0.1, 0.15) is 5.56 Å². The maximum Gasteiger partial charge on any atom is 0.124 e. The van der Waals surface area contributed by atoms with Gasteiger partial charge in [-0.15, -0.1) is 0 Å². The van der Waals surface area contributed by atoms with Crippen LogP contribution in [0.5, 0.6) is 0 Å². The molecule has 0 spiro atoms. The van der Waals surface area contributed by atoms with Gasteiger partial charge < -0.3 is 0 Å². The molecule has 0 atom stereocenters. The SMILES string of the molecule is Cc1cc(F)cc(-c2c(Cl)cccc2Br)c1.